The molecule has 1 fully saturated rings. The molecule has 0 unspecified atom stereocenters. The number of carbonyl (C=O) groups excluding carboxylic acids is 2. The number of nitrogens with zero attached hydrogens (tertiary/aromatic N) is 1. The summed E-state index contributed by atoms with van der Waals surface area (Å²) in [6.07, 6.45) is 6.07. The molecule has 8 heteroatoms. The van der Waals surface area contributed by atoms with Gasteiger partial charge in [0, 0.05) is 37.8 Å². The first-order chi connectivity index (χ1) is 16.5. The van der Waals surface area contributed by atoms with E-state index in [0.29, 0.717) is 36.8 Å². The maximum Gasteiger partial charge on any atom is 0.247 e. The van der Waals surface area contributed by atoms with Gasteiger partial charge >= 0.3 is 0 Å². The number of ether oxygens (including phenoxy) is 2. The third-order valence-electron chi connectivity index (χ3n) is 7.33. The molecule has 2 aliphatic carbocycles. The van der Waals surface area contributed by atoms with Gasteiger partial charge in [-0.1, -0.05) is 43.9 Å². The predicted octanol–water partition coefficient (Wildman–Crippen LogP) is 1.75. The van der Waals surface area contributed by atoms with E-state index in [9.17, 15) is 19.8 Å². The molecule has 1 heterocycles. The van der Waals surface area contributed by atoms with E-state index in [-0.39, 0.29) is 25.0 Å². The summed E-state index contributed by atoms with van der Waals surface area (Å²) in [4.78, 5) is 28.1. The maximum atomic E-state index is 13.4. The van der Waals surface area contributed by atoms with E-state index in [1.54, 1.807) is 18.1 Å². The Morgan fingerprint density at radius 1 is 1.24 bits per heavy atom. The number of aliphatic hydroxyl groups excluding tert-OH is 2. The minimum atomic E-state index is -1.00. The van der Waals surface area contributed by atoms with E-state index < -0.39 is 24.2 Å². The first-order valence-electron chi connectivity index (χ1n) is 12.4. The van der Waals surface area contributed by atoms with Crippen LogP contribution in [0.2, 0.25) is 0 Å². The van der Waals surface area contributed by atoms with Crippen LogP contribution in [-0.2, 0) is 14.3 Å². The van der Waals surface area contributed by atoms with Gasteiger partial charge in [0.15, 0.2) is 0 Å². The molecular weight excluding hydrogens is 436 g/mol. The van der Waals surface area contributed by atoms with E-state index >= 15 is 0 Å². The van der Waals surface area contributed by atoms with Gasteiger partial charge in [0.2, 0.25) is 11.8 Å². The topological polar surface area (TPSA) is 108 Å². The van der Waals surface area contributed by atoms with Gasteiger partial charge in [-0.2, -0.15) is 0 Å². The Bertz CT molecular complexity index is 897. The highest BCUT2D eigenvalue weighted by Gasteiger charge is 2.50. The number of rotatable bonds is 10. The van der Waals surface area contributed by atoms with Crippen LogP contribution in [0.25, 0.3) is 0 Å². The summed E-state index contributed by atoms with van der Waals surface area (Å²) >= 11 is 0. The Hall–Kier alpha value is -2.42. The minimum Gasteiger partial charge on any atom is -0.486 e. The lowest BCUT2D eigenvalue weighted by Gasteiger charge is -2.40. The molecule has 0 radical (unpaired) electrons. The van der Waals surface area contributed by atoms with Gasteiger partial charge in [0.05, 0.1) is 25.2 Å². The zero-order chi connectivity index (χ0) is 24.1. The summed E-state index contributed by atoms with van der Waals surface area (Å²) in [6.45, 7) is 0.588. The zero-order valence-corrected chi connectivity index (χ0v) is 19.8. The number of benzene rings is 1. The second kappa shape index (κ2) is 11.3. The van der Waals surface area contributed by atoms with E-state index in [1.807, 2.05) is 24.3 Å². The van der Waals surface area contributed by atoms with Crippen LogP contribution in [0.3, 0.4) is 0 Å². The SMILES string of the molecule is COCCN(C(=O)CCC1CCCC1)[C@@H]1C=C(C(=O)NCCO)[C@@H]2c3ccccc3O[C@@H]2[C@H]1O. The molecule has 2 amide bonds. The van der Waals surface area contributed by atoms with Crippen LogP contribution in [0.4, 0.5) is 0 Å². The molecule has 186 valence electrons. The summed E-state index contributed by atoms with van der Waals surface area (Å²) in [5.74, 6) is 0.393. The van der Waals surface area contributed by atoms with Gasteiger partial charge in [-0.25, -0.2) is 0 Å². The van der Waals surface area contributed by atoms with Crippen molar-refractivity contribution in [1.29, 1.82) is 0 Å². The van der Waals surface area contributed by atoms with Crippen LogP contribution in [0, 0.1) is 5.92 Å². The average molecular weight is 473 g/mol. The van der Waals surface area contributed by atoms with Crippen molar-refractivity contribution in [3.8, 4) is 5.75 Å². The number of hydrogen-bond acceptors (Lipinski definition) is 6. The van der Waals surface area contributed by atoms with Crippen LogP contribution < -0.4 is 10.1 Å². The van der Waals surface area contributed by atoms with Gasteiger partial charge in [-0.15, -0.1) is 0 Å². The molecule has 0 saturated heterocycles. The first kappa shape index (κ1) is 24.7. The van der Waals surface area contributed by atoms with Crippen molar-refractivity contribution in [1.82, 2.24) is 10.2 Å². The summed E-state index contributed by atoms with van der Waals surface area (Å²) in [5, 5.41) is 23.3. The fraction of sp³-hybridized carbons (Fsp3) is 0.615. The van der Waals surface area contributed by atoms with Crippen molar-refractivity contribution in [2.24, 2.45) is 5.92 Å². The number of methoxy groups -OCH3 is 1. The largest absolute Gasteiger partial charge is 0.486 e. The molecule has 4 rings (SSSR count). The smallest absolute Gasteiger partial charge is 0.247 e. The van der Waals surface area contributed by atoms with E-state index in [1.165, 1.54) is 25.7 Å². The van der Waals surface area contributed by atoms with Crippen LogP contribution >= 0.6 is 0 Å². The molecule has 3 aliphatic rings. The molecule has 34 heavy (non-hydrogen) atoms. The highest BCUT2D eigenvalue weighted by Crippen LogP contribution is 2.47. The van der Waals surface area contributed by atoms with Gasteiger partial charge in [-0.05, 0) is 24.5 Å². The van der Waals surface area contributed by atoms with Gasteiger partial charge in [-0.3, -0.25) is 9.59 Å². The molecular formula is C26H36N2O6. The van der Waals surface area contributed by atoms with Crippen molar-refractivity contribution in [3.05, 3.63) is 41.5 Å². The third-order valence-corrected chi connectivity index (χ3v) is 7.33. The molecule has 1 saturated carbocycles. The highest BCUT2D eigenvalue weighted by molar-refractivity contribution is 5.96. The minimum absolute atomic E-state index is 0.0478. The van der Waals surface area contributed by atoms with Crippen molar-refractivity contribution in [2.45, 2.75) is 62.7 Å². The van der Waals surface area contributed by atoms with Crippen LogP contribution in [0.5, 0.6) is 5.75 Å². The fourth-order valence-electron chi connectivity index (χ4n) is 5.59. The molecule has 0 aromatic heterocycles. The van der Waals surface area contributed by atoms with Crippen LogP contribution in [0.15, 0.2) is 35.9 Å². The Morgan fingerprint density at radius 3 is 2.74 bits per heavy atom. The second-order valence-corrected chi connectivity index (χ2v) is 9.45. The number of nitrogens with one attached hydrogen (secondary N) is 1. The quantitative estimate of drug-likeness (QED) is 0.479. The van der Waals surface area contributed by atoms with E-state index in [0.717, 1.165) is 12.0 Å². The molecule has 4 atom stereocenters. The van der Waals surface area contributed by atoms with Gasteiger partial charge in [0.25, 0.3) is 0 Å². The average Bonchev–Trinajstić information content (AvgIpc) is 3.51. The predicted molar refractivity (Wildman–Crippen MR) is 126 cm³/mol. The number of fused-ring (bicyclic) bond motifs is 3. The molecule has 0 spiro atoms. The third kappa shape index (κ3) is 5.14. The van der Waals surface area contributed by atoms with Crippen LogP contribution in [0.1, 0.15) is 50.0 Å². The fourth-order valence-corrected chi connectivity index (χ4v) is 5.59. The Morgan fingerprint density at radius 2 is 2.00 bits per heavy atom. The lowest BCUT2D eigenvalue weighted by molar-refractivity contribution is -0.138. The monoisotopic (exact) mass is 472 g/mol. The van der Waals surface area contributed by atoms with Gasteiger partial charge < -0.3 is 29.9 Å². The van der Waals surface area contributed by atoms with Crippen LogP contribution in [-0.4, -0.2) is 78.6 Å². The molecule has 1 aromatic rings. The summed E-state index contributed by atoms with van der Waals surface area (Å²) in [7, 11) is 1.58. The number of para-hydroxylation sites is 1. The Kier molecular flexibility index (Phi) is 8.24. The molecule has 3 N–H and O–H groups in total. The van der Waals surface area contributed by atoms with Crippen molar-refractivity contribution < 1.29 is 29.3 Å². The normalized spacial score (nSPS) is 25.8. The van der Waals surface area contributed by atoms with Crippen molar-refractivity contribution in [3.63, 3.8) is 0 Å². The lowest BCUT2D eigenvalue weighted by atomic mass is 9.77. The standard InChI is InChI=1S/C26H36N2O6/c1-33-15-13-28(22(30)11-10-17-6-2-3-7-17)20-16-19(26(32)27-12-14-29)23-18-8-4-5-9-21(18)34-25(23)24(20)31/h4-5,8-9,16-17,20,23-25,29,31H,2-3,6-7,10-15H2,1H3,(H,27,32)/t20-,23+,24+,25+/m1/s1. The molecule has 1 aromatic carbocycles. The van der Waals surface area contributed by atoms with E-state index in [4.69, 9.17) is 9.47 Å². The summed E-state index contributed by atoms with van der Waals surface area (Å²) < 4.78 is 11.4. The Balaban J connectivity index is 1.63. The summed E-state index contributed by atoms with van der Waals surface area (Å²) in [5.41, 5.74) is 1.29. The highest BCUT2D eigenvalue weighted by atomic mass is 16.5. The number of aliphatic hydroxyl groups is 2. The second-order valence-electron chi connectivity index (χ2n) is 9.45. The summed E-state index contributed by atoms with van der Waals surface area (Å²) in [6, 6.07) is 6.75. The van der Waals surface area contributed by atoms with Gasteiger partial charge in [0.1, 0.15) is 18.0 Å². The molecule has 1 aliphatic heterocycles. The van der Waals surface area contributed by atoms with Crippen molar-refractivity contribution in [2.75, 3.05) is 33.4 Å². The van der Waals surface area contributed by atoms with E-state index in [2.05, 4.69) is 5.32 Å². The maximum absolute atomic E-state index is 13.4. The number of hydrogen-bond donors (Lipinski definition) is 3. The number of amides is 2. The molecule has 0 bridgehead atoms. The Labute approximate surface area is 200 Å². The first-order valence-corrected chi connectivity index (χ1v) is 12.4. The lowest BCUT2D eigenvalue weighted by Crippen LogP contribution is -2.56. The zero-order valence-electron chi connectivity index (χ0n) is 19.8. The van der Waals surface area contributed by atoms with Crippen molar-refractivity contribution >= 4 is 11.8 Å². The number of carbonyl (C=O) groups is 2. The molecule has 8 nitrogen and oxygen atoms in total.